The van der Waals surface area contributed by atoms with Crippen molar-refractivity contribution in [3.8, 4) is 0 Å². The van der Waals surface area contributed by atoms with Crippen molar-refractivity contribution in [2.75, 3.05) is 6.61 Å². The van der Waals surface area contributed by atoms with Crippen molar-refractivity contribution >= 4 is 5.97 Å². The predicted octanol–water partition coefficient (Wildman–Crippen LogP) is 1.13. The van der Waals surface area contributed by atoms with Crippen LogP contribution in [-0.2, 0) is 9.53 Å². The van der Waals surface area contributed by atoms with Gasteiger partial charge in [-0.05, 0) is 12.8 Å². The Balaban J connectivity index is 2.10. The van der Waals surface area contributed by atoms with Gasteiger partial charge in [0.05, 0.1) is 5.92 Å². The summed E-state index contributed by atoms with van der Waals surface area (Å²) in [6, 6.07) is 0. The molecule has 0 aromatic rings. The van der Waals surface area contributed by atoms with Gasteiger partial charge in [0.25, 0.3) is 0 Å². The molecule has 2 nitrogen and oxygen atoms in total. The van der Waals surface area contributed by atoms with Crippen molar-refractivity contribution in [2.45, 2.75) is 12.8 Å². The third-order valence-electron chi connectivity index (χ3n) is 1.25. The highest BCUT2D eigenvalue weighted by Gasteiger charge is 2.30. The van der Waals surface area contributed by atoms with Crippen molar-refractivity contribution in [1.29, 1.82) is 0 Å². The molecule has 0 saturated heterocycles. The topological polar surface area (TPSA) is 26.3 Å². The predicted molar refractivity (Wildman–Crippen MR) is 33.9 cm³/mol. The van der Waals surface area contributed by atoms with Gasteiger partial charge in [-0.2, -0.15) is 0 Å². The normalized spacial score (nSPS) is 16.9. The van der Waals surface area contributed by atoms with Crippen LogP contribution in [0.4, 0.5) is 0 Å². The lowest BCUT2D eigenvalue weighted by atomic mass is 10.4. The summed E-state index contributed by atoms with van der Waals surface area (Å²) in [7, 11) is 0. The molecular formula is C7H10O2. The van der Waals surface area contributed by atoms with Crippen LogP contribution >= 0.6 is 0 Å². The van der Waals surface area contributed by atoms with Gasteiger partial charge in [-0.1, -0.05) is 12.7 Å². The Kier molecular flexibility index (Phi) is 1.88. The zero-order valence-electron chi connectivity index (χ0n) is 5.30. The molecule has 0 spiro atoms. The third kappa shape index (κ3) is 1.88. The molecular weight excluding hydrogens is 116 g/mol. The minimum absolute atomic E-state index is 0.0603. The maximum absolute atomic E-state index is 10.7. The van der Waals surface area contributed by atoms with Gasteiger partial charge in [-0.15, -0.1) is 0 Å². The van der Waals surface area contributed by atoms with Gasteiger partial charge in [0.2, 0.25) is 0 Å². The van der Waals surface area contributed by atoms with E-state index < -0.39 is 0 Å². The first-order valence-corrected chi connectivity index (χ1v) is 3.12. The SMILES string of the molecule is C=CCOC(=O)C1CC1. The van der Waals surface area contributed by atoms with Gasteiger partial charge in [-0.25, -0.2) is 0 Å². The smallest absolute Gasteiger partial charge is 0.309 e. The summed E-state index contributed by atoms with van der Waals surface area (Å²) in [6.07, 6.45) is 3.60. The molecule has 1 rings (SSSR count). The average molecular weight is 126 g/mol. The molecule has 0 radical (unpaired) electrons. The second kappa shape index (κ2) is 2.67. The van der Waals surface area contributed by atoms with Crippen LogP contribution in [0.25, 0.3) is 0 Å². The van der Waals surface area contributed by atoms with E-state index in [2.05, 4.69) is 6.58 Å². The number of ether oxygens (including phenoxy) is 1. The molecule has 0 aliphatic heterocycles. The Morgan fingerprint density at radius 3 is 2.89 bits per heavy atom. The highest BCUT2D eigenvalue weighted by molar-refractivity contribution is 5.74. The van der Waals surface area contributed by atoms with Crippen molar-refractivity contribution in [3.05, 3.63) is 12.7 Å². The summed E-state index contributed by atoms with van der Waals surface area (Å²) in [5.74, 6) is 0.153. The number of carbonyl (C=O) groups is 1. The van der Waals surface area contributed by atoms with E-state index in [9.17, 15) is 4.79 Å². The molecule has 1 aliphatic carbocycles. The zero-order valence-corrected chi connectivity index (χ0v) is 5.30. The lowest BCUT2D eigenvalue weighted by Gasteiger charge is -1.96. The molecule has 0 aromatic heterocycles. The molecule has 0 heterocycles. The highest BCUT2D eigenvalue weighted by Crippen LogP contribution is 2.29. The van der Waals surface area contributed by atoms with E-state index in [0.717, 1.165) is 12.8 Å². The van der Waals surface area contributed by atoms with Crippen LogP contribution in [0, 0.1) is 5.92 Å². The number of rotatable bonds is 3. The van der Waals surface area contributed by atoms with E-state index in [1.807, 2.05) is 0 Å². The molecule has 0 unspecified atom stereocenters. The second-order valence-electron chi connectivity index (χ2n) is 2.19. The Labute approximate surface area is 54.5 Å². The molecule has 1 saturated carbocycles. The van der Waals surface area contributed by atoms with Crippen molar-refractivity contribution in [1.82, 2.24) is 0 Å². The first kappa shape index (κ1) is 6.33. The van der Waals surface area contributed by atoms with E-state index in [1.165, 1.54) is 0 Å². The van der Waals surface area contributed by atoms with E-state index in [0.29, 0.717) is 6.61 Å². The maximum atomic E-state index is 10.7. The molecule has 0 amide bonds. The summed E-state index contributed by atoms with van der Waals surface area (Å²) < 4.78 is 4.76. The maximum Gasteiger partial charge on any atom is 0.309 e. The van der Waals surface area contributed by atoms with E-state index >= 15 is 0 Å². The van der Waals surface area contributed by atoms with Gasteiger partial charge in [-0.3, -0.25) is 4.79 Å². The summed E-state index contributed by atoms with van der Waals surface area (Å²) in [6.45, 7) is 3.79. The van der Waals surface area contributed by atoms with Gasteiger partial charge in [0, 0.05) is 0 Å². The lowest BCUT2D eigenvalue weighted by Crippen LogP contribution is -2.05. The molecule has 0 atom stereocenters. The van der Waals surface area contributed by atoms with Gasteiger partial charge in [0.1, 0.15) is 6.61 Å². The zero-order chi connectivity index (χ0) is 6.69. The number of hydrogen-bond donors (Lipinski definition) is 0. The molecule has 50 valence electrons. The minimum atomic E-state index is -0.0603. The highest BCUT2D eigenvalue weighted by atomic mass is 16.5. The van der Waals surface area contributed by atoms with E-state index in [1.54, 1.807) is 6.08 Å². The first-order chi connectivity index (χ1) is 4.34. The largest absolute Gasteiger partial charge is 0.461 e. The molecule has 1 aliphatic rings. The fourth-order valence-electron chi connectivity index (χ4n) is 0.578. The third-order valence-corrected chi connectivity index (χ3v) is 1.25. The van der Waals surface area contributed by atoms with Crippen LogP contribution in [0.15, 0.2) is 12.7 Å². The molecule has 2 heteroatoms. The van der Waals surface area contributed by atoms with Crippen LogP contribution in [-0.4, -0.2) is 12.6 Å². The number of carbonyl (C=O) groups excluding carboxylic acids is 1. The molecule has 0 N–H and O–H groups in total. The van der Waals surface area contributed by atoms with Gasteiger partial charge in [0.15, 0.2) is 0 Å². The van der Waals surface area contributed by atoms with Crippen molar-refractivity contribution < 1.29 is 9.53 Å². The van der Waals surface area contributed by atoms with Crippen molar-refractivity contribution in [2.24, 2.45) is 5.92 Å². The van der Waals surface area contributed by atoms with E-state index in [4.69, 9.17) is 4.74 Å². The molecule has 0 aromatic carbocycles. The monoisotopic (exact) mass is 126 g/mol. The second-order valence-corrected chi connectivity index (χ2v) is 2.19. The minimum Gasteiger partial charge on any atom is -0.461 e. The summed E-state index contributed by atoms with van der Waals surface area (Å²) in [5, 5.41) is 0. The summed E-state index contributed by atoms with van der Waals surface area (Å²) in [5.41, 5.74) is 0. The van der Waals surface area contributed by atoms with Crippen LogP contribution in [0.2, 0.25) is 0 Å². The molecule has 1 fully saturated rings. The number of esters is 1. The summed E-state index contributed by atoms with van der Waals surface area (Å²) in [4.78, 5) is 10.7. The van der Waals surface area contributed by atoms with Crippen LogP contribution < -0.4 is 0 Å². The molecule has 0 bridgehead atoms. The first-order valence-electron chi connectivity index (χ1n) is 3.12. The van der Waals surface area contributed by atoms with Crippen LogP contribution in [0.5, 0.6) is 0 Å². The standard InChI is InChI=1S/C7H10O2/c1-2-5-9-7(8)6-3-4-6/h2,6H,1,3-5H2. The molecule has 9 heavy (non-hydrogen) atoms. The Morgan fingerprint density at radius 1 is 1.78 bits per heavy atom. The fraction of sp³-hybridized carbons (Fsp3) is 0.571. The fourth-order valence-corrected chi connectivity index (χ4v) is 0.578. The number of hydrogen-bond acceptors (Lipinski definition) is 2. The van der Waals surface area contributed by atoms with Crippen LogP contribution in [0.3, 0.4) is 0 Å². The van der Waals surface area contributed by atoms with Gasteiger partial charge < -0.3 is 4.74 Å². The van der Waals surface area contributed by atoms with Crippen molar-refractivity contribution in [3.63, 3.8) is 0 Å². The van der Waals surface area contributed by atoms with Gasteiger partial charge >= 0.3 is 5.97 Å². The Hall–Kier alpha value is -0.790. The Morgan fingerprint density at radius 2 is 2.44 bits per heavy atom. The lowest BCUT2D eigenvalue weighted by molar-refractivity contribution is -0.143. The quantitative estimate of drug-likeness (QED) is 0.418. The average Bonchev–Trinajstić information content (AvgIpc) is 2.63. The van der Waals surface area contributed by atoms with Crippen LogP contribution in [0.1, 0.15) is 12.8 Å². The summed E-state index contributed by atoms with van der Waals surface area (Å²) >= 11 is 0. The Bertz CT molecular complexity index is 125. The van der Waals surface area contributed by atoms with E-state index in [-0.39, 0.29) is 11.9 Å².